The Bertz CT molecular complexity index is 1280. The van der Waals surface area contributed by atoms with Gasteiger partial charge < -0.3 is 9.32 Å². The zero-order valence-electron chi connectivity index (χ0n) is 17.5. The Balaban J connectivity index is 1.79. The van der Waals surface area contributed by atoms with Gasteiger partial charge in [-0.25, -0.2) is 12.8 Å². The number of nitrogens with zero attached hydrogens (tertiary/aromatic N) is 1. The molecule has 31 heavy (non-hydrogen) atoms. The molecule has 0 N–H and O–H groups in total. The zero-order chi connectivity index (χ0) is 22.5. The molecule has 0 aliphatic carbocycles. The Morgan fingerprint density at radius 1 is 1.23 bits per heavy atom. The molecule has 1 amide bonds. The number of carbonyl (C=O) groups excluding carboxylic acids is 1. The van der Waals surface area contributed by atoms with Crippen LogP contribution in [-0.4, -0.2) is 36.8 Å². The summed E-state index contributed by atoms with van der Waals surface area (Å²) in [7, 11) is -3.27. The second-order valence-corrected chi connectivity index (χ2v) is 10.8. The molecule has 1 saturated heterocycles. The molecule has 8 heteroatoms. The minimum atomic E-state index is -3.27. The first kappa shape index (κ1) is 21.8. The number of carbonyl (C=O) groups is 1. The van der Waals surface area contributed by atoms with Crippen LogP contribution in [0.25, 0.3) is 11.0 Å². The lowest BCUT2D eigenvalue weighted by molar-refractivity contribution is 0.0647. The zero-order valence-corrected chi connectivity index (χ0v) is 19.1. The van der Waals surface area contributed by atoms with Crippen LogP contribution in [0, 0.1) is 26.6 Å². The standard InChI is InChI=1S/C23H23ClFNO4S/c1-13-9-17-15(3)22(30-21(17)10-14(13)2)23(27)26(16-7-8-31(28,29)12-16)11-18-19(24)5-4-6-20(18)25/h4-6,9-10,16H,7-8,11-12H2,1-3H3/t16-/m1/s1. The molecule has 2 aromatic carbocycles. The number of rotatable bonds is 4. The Kier molecular flexibility index (Phi) is 5.60. The predicted molar refractivity (Wildman–Crippen MR) is 119 cm³/mol. The second kappa shape index (κ2) is 7.95. The van der Waals surface area contributed by atoms with Crippen LogP contribution in [0.2, 0.25) is 5.02 Å². The summed E-state index contributed by atoms with van der Waals surface area (Å²) < 4.78 is 44.6. The molecule has 0 spiro atoms. The molecular formula is C23H23ClFNO4S. The molecule has 3 aromatic rings. The van der Waals surface area contributed by atoms with Crippen molar-refractivity contribution < 1.29 is 22.0 Å². The molecule has 1 aliphatic heterocycles. The van der Waals surface area contributed by atoms with Crippen molar-refractivity contribution in [2.75, 3.05) is 11.5 Å². The van der Waals surface area contributed by atoms with Gasteiger partial charge in [-0.05, 0) is 62.6 Å². The summed E-state index contributed by atoms with van der Waals surface area (Å²) in [5.74, 6) is -1.05. The van der Waals surface area contributed by atoms with E-state index in [4.69, 9.17) is 16.0 Å². The van der Waals surface area contributed by atoms with Crippen molar-refractivity contribution in [1.82, 2.24) is 4.90 Å². The van der Waals surface area contributed by atoms with Crippen molar-refractivity contribution in [1.29, 1.82) is 0 Å². The van der Waals surface area contributed by atoms with Crippen LogP contribution < -0.4 is 0 Å². The van der Waals surface area contributed by atoms with Crippen molar-refractivity contribution in [2.45, 2.75) is 39.8 Å². The third-order valence-electron chi connectivity index (χ3n) is 6.05. The molecule has 4 rings (SSSR count). The molecule has 0 bridgehead atoms. The third-order valence-corrected chi connectivity index (χ3v) is 8.15. The van der Waals surface area contributed by atoms with Gasteiger partial charge in [-0.1, -0.05) is 17.7 Å². The summed E-state index contributed by atoms with van der Waals surface area (Å²) in [5.41, 5.74) is 3.53. The number of sulfone groups is 1. The summed E-state index contributed by atoms with van der Waals surface area (Å²) in [4.78, 5) is 15.0. The Morgan fingerprint density at radius 2 is 1.94 bits per heavy atom. The van der Waals surface area contributed by atoms with E-state index in [1.165, 1.54) is 17.0 Å². The fourth-order valence-electron chi connectivity index (χ4n) is 4.05. The molecule has 1 aliphatic rings. The molecule has 0 unspecified atom stereocenters. The van der Waals surface area contributed by atoms with E-state index in [9.17, 15) is 17.6 Å². The van der Waals surface area contributed by atoms with Gasteiger partial charge in [0, 0.05) is 27.6 Å². The van der Waals surface area contributed by atoms with Gasteiger partial charge in [0.15, 0.2) is 15.6 Å². The van der Waals surface area contributed by atoms with Crippen molar-refractivity contribution in [2.24, 2.45) is 0 Å². The minimum absolute atomic E-state index is 0.00997. The van der Waals surface area contributed by atoms with Crippen LogP contribution in [0.5, 0.6) is 0 Å². The van der Waals surface area contributed by atoms with E-state index in [1.807, 2.05) is 26.0 Å². The van der Waals surface area contributed by atoms with Crippen molar-refractivity contribution in [3.8, 4) is 0 Å². The van der Waals surface area contributed by atoms with Crippen molar-refractivity contribution in [3.63, 3.8) is 0 Å². The monoisotopic (exact) mass is 463 g/mol. The van der Waals surface area contributed by atoms with Gasteiger partial charge in [0.05, 0.1) is 18.1 Å². The highest BCUT2D eigenvalue weighted by molar-refractivity contribution is 7.91. The molecule has 2 heterocycles. The smallest absolute Gasteiger partial charge is 0.290 e. The number of fused-ring (bicyclic) bond motifs is 1. The number of furan rings is 1. The lowest BCUT2D eigenvalue weighted by Crippen LogP contribution is -2.41. The molecule has 1 atom stereocenters. The van der Waals surface area contributed by atoms with E-state index >= 15 is 0 Å². The summed E-state index contributed by atoms with van der Waals surface area (Å²) >= 11 is 6.20. The first-order valence-corrected chi connectivity index (χ1v) is 12.2. The Hall–Kier alpha value is -2.38. The fraction of sp³-hybridized carbons (Fsp3) is 0.348. The van der Waals surface area contributed by atoms with E-state index in [0.29, 0.717) is 11.1 Å². The summed E-state index contributed by atoms with van der Waals surface area (Å²) in [6.45, 7) is 5.61. The molecular weight excluding hydrogens is 441 g/mol. The highest BCUT2D eigenvalue weighted by atomic mass is 35.5. The van der Waals surface area contributed by atoms with Crippen LogP contribution in [-0.2, 0) is 16.4 Å². The average molecular weight is 464 g/mol. The first-order chi connectivity index (χ1) is 14.6. The second-order valence-electron chi connectivity index (χ2n) is 8.18. The lowest BCUT2D eigenvalue weighted by Gasteiger charge is -2.28. The summed E-state index contributed by atoms with van der Waals surface area (Å²) in [6.07, 6.45) is 0.289. The van der Waals surface area contributed by atoms with E-state index < -0.39 is 27.6 Å². The Labute approximate surface area is 185 Å². The SMILES string of the molecule is Cc1cc2oc(C(=O)N(Cc3c(F)cccc3Cl)[C@@H]3CCS(=O)(=O)C3)c(C)c2cc1C. The van der Waals surface area contributed by atoms with E-state index in [2.05, 4.69) is 0 Å². The maximum absolute atomic E-state index is 14.5. The average Bonchev–Trinajstić information content (AvgIpc) is 3.21. The van der Waals surface area contributed by atoms with Crippen molar-refractivity contribution in [3.05, 3.63) is 69.2 Å². The molecule has 1 fully saturated rings. The highest BCUT2D eigenvalue weighted by Crippen LogP contribution is 2.32. The highest BCUT2D eigenvalue weighted by Gasteiger charge is 2.37. The van der Waals surface area contributed by atoms with Crippen molar-refractivity contribution >= 4 is 38.3 Å². The minimum Gasteiger partial charge on any atom is -0.451 e. The first-order valence-electron chi connectivity index (χ1n) is 10.0. The number of hydrogen-bond acceptors (Lipinski definition) is 4. The summed E-state index contributed by atoms with van der Waals surface area (Å²) in [6, 6.07) is 7.58. The van der Waals surface area contributed by atoms with Crippen LogP contribution in [0.4, 0.5) is 4.39 Å². The molecule has 164 valence electrons. The normalized spacial score (nSPS) is 17.9. The molecule has 0 radical (unpaired) electrons. The van der Waals surface area contributed by atoms with Crippen LogP contribution in [0.3, 0.4) is 0 Å². The van der Waals surface area contributed by atoms with Gasteiger partial charge in [-0.3, -0.25) is 4.79 Å². The van der Waals surface area contributed by atoms with Gasteiger partial charge in [0.2, 0.25) is 0 Å². The fourth-order valence-corrected chi connectivity index (χ4v) is 6.01. The number of amides is 1. The largest absolute Gasteiger partial charge is 0.451 e. The van der Waals surface area contributed by atoms with Gasteiger partial charge in [0.1, 0.15) is 11.4 Å². The van der Waals surface area contributed by atoms with Crippen LogP contribution in [0.15, 0.2) is 34.7 Å². The molecule has 5 nitrogen and oxygen atoms in total. The maximum atomic E-state index is 14.5. The summed E-state index contributed by atoms with van der Waals surface area (Å²) in [5, 5.41) is 1.01. The quantitative estimate of drug-likeness (QED) is 0.547. The van der Waals surface area contributed by atoms with E-state index in [0.717, 1.165) is 16.5 Å². The topological polar surface area (TPSA) is 67.6 Å². The number of halogens is 2. The van der Waals surface area contributed by atoms with E-state index in [1.54, 1.807) is 13.0 Å². The lowest BCUT2D eigenvalue weighted by atomic mass is 10.0. The van der Waals surface area contributed by atoms with Gasteiger partial charge >= 0.3 is 0 Å². The maximum Gasteiger partial charge on any atom is 0.290 e. The Morgan fingerprint density at radius 3 is 2.58 bits per heavy atom. The van der Waals surface area contributed by atoms with Gasteiger partial charge in [-0.15, -0.1) is 0 Å². The number of aryl methyl sites for hydroxylation is 3. The molecule has 1 aromatic heterocycles. The molecule has 0 saturated carbocycles. The van der Waals surface area contributed by atoms with Gasteiger partial charge in [0.25, 0.3) is 5.91 Å². The number of benzene rings is 2. The third kappa shape index (κ3) is 4.08. The number of hydrogen-bond donors (Lipinski definition) is 0. The van der Waals surface area contributed by atoms with Crippen LogP contribution >= 0.6 is 11.6 Å². The van der Waals surface area contributed by atoms with Gasteiger partial charge in [-0.2, -0.15) is 0 Å². The van der Waals surface area contributed by atoms with Crippen LogP contribution in [0.1, 0.15) is 39.2 Å². The van der Waals surface area contributed by atoms with E-state index in [-0.39, 0.29) is 40.8 Å². The predicted octanol–water partition coefficient (Wildman–Crippen LogP) is 4.98.